The summed E-state index contributed by atoms with van der Waals surface area (Å²) < 4.78 is 11.4. The fourth-order valence-electron chi connectivity index (χ4n) is 3.00. The summed E-state index contributed by atoms with van der Waals surface area (Å²) in [6.45, 7) is 8.36. The van der Waals surface area contributed by atoms with Gasteiger partial charge >= 0.3 is 0 Å². The number of anilines is 1. The van der Waals surface area contributed by atoms with Crippen LogP contribution in [-0.2, 0) is 4.74 Å². The van der Waals surface area contributed by atoms with Gasteiger partial charge in [0.05, 0.1) is 23.1 Å². The van der Waals surface area contributed by atoms with Crippen molar-refractivity contribution in [1.29, 1.82) is 0 Å². The molecule has 1 unspecified atom stereocenters. The lowest BCUT2D eigenvalue weighted by Gasteiger charge is -2.13. The van der Waals surface area contributed by atoms with Crippen LogP contribution in [0, 0.1) is 13.8 Å². The fraction of sp³-hybridized carbons (Fsp3) is 0.250. The predicted molar refractivity (Wildman–Crippen MR) is 115 cm³/mol. The molecule has 0 aliphatic heterocycles. The summed E-state index contributed by atoms with van der Waals surface area (Å²) in [6.07, 6.45) is -0.100. The van der Waals surface area contributed by atoms with Crippen molar-refractivity contribution in [3.05, 3.63) is 83.2 Å². The van der Waals surface area contributed by atoms with Crippen molar-refractivity contribution in [3.63, 3.8) is 0 Å². The minimum absolute atomic E-state index is 0.100. The van der Waals surface area contributed by atoms with Crippen LogP contribution in [0.4, 0.5) is 5.69 Å². The van der Waals surface area contributed by atoms with Crippen molar-refractivity contribution in [1.82, 2.24) is 4.98 Å². The Balaban J connectivity index is 1.66. The van der Waals surface area contributed by atoms with Crippen molar-refractivity contribution in [2.45, 2.75) is 33.8 Å². The number of nitrogens with one attached hydrogen (secondary N) is 1. The van der Waals surface area contributed by atoms with E-state index in [1.54, 1.807) is 6.07 Å². The molecular weight excluding hydrogens is 364 g/mol. The van der Waals surface area contributed by atoms with Crippen LogP contribution in [0.5, 0.6) is 11.5 Å². The molecule has 0 aliphatic carbocycles. The van der Waals surface area contributed by atoms with E-state index in [1.807, 2.05) is 82.3 Å². The number of carbonyl (C=O) groups is 1. The first-order chi connectivity index (χ1) is 14.0. The number of aryl methyl sites for hydroxylation is 2. The van der Waals surface area contributed by atoms with Crippen molar-refractivity contribution in [2.75, 3.05) is 11.9 Å². The lowest BCUT2D eigenvalue weighted by molar-refractivity contribution is 0.0732. The number of aromatic nitrogens is 1. The van der Waals surface area contributed by atoms with Gasteiger partial charge in [-0.25, -0.2) is 0 Å². The van der Waals surface area contributed by atoms with E-state index in [0.717, 1.165) is 17.0 Å². The van der Waals surface area contributed by atoms with E-state index in [2.05, 4.69) is 10.3 Å². The molecule has 29 heavy (non-hydrogen) atoms. The molecule has 0 fully saturated rings. The molecule has 5 heteroatoms. The van der Waals surface area contributed by atoms with Crippen LogP contribution >= 0.6 is 0 Å². The Kier molecular flexibility index (Phi) is 6.62. The highest BCUT2D eigenvalue weighted by atomic mass is 16.5. The summed E-state index contributed by atoms with van der Waals surface area (Å²) in [5.74, 6) is 1.29. The van der Waals surface area contributed by atoms with Crippen LogP contribution in [0.3, 0.4) is 0 Å². The molecular formula is C24H26N2O3. The molecule has 3 aromatic rings. The van der Waals surface area contributed by atoms with Gasteiger partial charge in [-0.3, -0.25) is 9.78 Å². The minimum atomic E-state index is -0.196. The minimum Gasteiger partial charge on any atom is -0.457 e. The Morgan fingerprint density at radius 3 is 2.45 bits per heavy atom. The third kappa shape index (κ3) is 5.42. The van der Waals surface area contributed by atoms with Crippen LogP contribution in [-0.4, -0.2) is 17.5 Å². The third-order valence-electron chi connectivity index (χ3n) is 4.52. The number of benzene rings is 2. The molecule has 1 atom stereocenters. The van der Waals surface area contributed by atoms with Crippen LogP contribution in [0.1, 0.15) is 47.3 Å². The predicted octanol–water partition coefficient (Wildman–Crippen LogP) is 5.84. The van der Waals surface area contributed by atoms with Gasteiger partial charge in [-0.05, 0) is 81.8 Å². The van der Waals surface area contributed by atoms with E-state index in [-0.39, 0.29) is 12.0 Å². The van der Waals surface area contributed by atoms with Gasteiger partial charge in [-0.2, -0.15) is 0 Å². The van der Waals surface area contributed by atoms with Gasteiger partial charge in [0.15, 0.2) is 0 Å². The zero-order valence-corrected chi connectivity index (χ0v) is 17.2. The van der Waals surface area contributed by atoms with Gasteiger partial charge in [-0.15, -0.1) is 0 Å². The second-order valence-electron chi connectivity index (χ2n) is 6.86. The molecule has 0 saturated heterocycles. The van der Waals surface area contributed by atoms with E-state index in [0.29, 0.717) is 29.3 Å². The highest BCUT2D eigenvalue weighted by Crippen LogP contribution is 2.24. The lowest BCUT2D eigenvalue weighted by Crippen LogP contribution is -2.15. The third-order valence-corrected chi connectivity index (χ3v) is 4.52. The first-order valence-corrected chi connectivity index (χ1v) is 9.71. The van der Waals surface area contributed by atoms with E-state index in [9.17, 15) is 4.79 Å². The Labute approximate surface area is 171 Å². The quantitative estimate of drug-likeness (QED) is 0.550. The number of hydrogen-bond donors (Lipinski definition) is 1. The molecule has 150 valence electrons. The molecule has 1 N–H and O–H groups in total. The summed E-state index contributed by atoms with van der Waals surface area (Å²) in [5.41, 5.74) is 3.86. The monoisotopic (exact) mass is 390 g/mol. The Morgan fingerprint density at radius 1 is 1.03 bits per heavy atom. The van der Waals surface area contributed by atoms with E-state index < -0.39 is 0 Å². The highest BCUT2D eigenvalue weighted by molar-refractivity contribution is 6.05. The van der Waals surface area contributed by atoms with Gasteiger partial charge in [0, 0.05) is 12.3 Å². The normalized spacial score (nSPS) is 11.7. The SMILES string of the molecule is CCOC(C)c1ccc(C(=O)Nc2ccc(Oc3cccc(C)c3)cc2)c(C)n1. The summed E-state index contributed by atoms with van der Waals surface area (Å²) in [4.78, 5) is 17.2. The van der Waals surface area contributed by atoms with E-state index in [4.69, 9.17) is 9.47 Å². The lowest BCUT2D eigenvalue weighted by atomic mass is 10.1. The Morgan fingerprint density at radius 2 is 1.79 bits per heavy atom. The first-order valence-electron chi connectivity index (χ1n) is 9.71. The number of hydrogen-bond acceptors (Lipinski definition) is 4. The molecule has 0 saturated carbocycles. The average Bonchev–Trinajstić information content (AvgIpc) is 2.69. The maximum absolute atomic E-state index is 12.6. The van der Waals surface area contributed by atoms with E-state index in [1.165, 1.54) is 0 Å². The maximum atomic E-state index is 12.6. The number of carbonyl (C=O) groups excluding carboxylic acids is 1. The Bertz CT molecular complexity index is 984. The van der Waals surface area contributed by atoms with Crippen molar-refractivity contribution in [2.24, 2.45) is 0 Å². The van der Waals surface area contributed by atoms with E-state index >= 15 is 0 Å². The van der Waals surface area contributed by atoms with Crippen LogP contribution in [0.15, 0.2) is 60.7 Å². The summed E-state index contributed by atoms with van der Waals surface area (Å²) in [7, 11) is 0. The fourth-order valence-corrected chi connectivity index (χ4v) is 3.00. The Hall–Kier alpha value is -3.18. The maximum Gasteiger partial charge on any atom is 0.257 e. The summed E-state index contributed by atoms with van der Waals surface area (Å²) >= 11 is 0. The number of pyridine rings is 1. The van der Waals surface area contributed by atoms with Gasteiger partial charge in [0.2, 0.25) is 0 Å². The number of amides is 1. The standard InChI is InChI=1S/C24H26N2O3/c1-5-28-18(4)23-14-13-22(17(3)25-23)24(27)26-19-9-11-20(12-10-19)29-21-8-6-7-16(2)15-21/h6-15,18H,5H2,1-4H3,(H,26,27). The average molecular weight is 390 g/mol. The van der Waals surface area contributed by atoms with Gasteiger partial charge in [0.25, 0.3) is 5.91 Å². The largest absolute Gasteiger partial charge is 0.457 e. The van der Waals surface area contributed by atoms with Crippen molar-refractivity contribution < 1.29 is 14.3 Å². The molecule has 2 aromatic carbocycles. The zero-order chi connectivity index (χ0) is 20.8. The second-order valence-corrected chi connectivity index (χ2v) is 6.86. The number of nitrogens with zero attached hydrogens (tertiary/aromatic N) is 1. The molecule has 0 spiro atoms. The second kappa shape index (κ2) is 9.34. The van der Waals surface area contributed by atoms with Crippen LogP contribution < -0.4 is 10.1 Å². The van der Waals surface area contributed by atoms with Gasteiger partial charge in [0.1, 0.15) is 11.5 Å². The molecule has 0 aliphatic rings. The smallest absolute Gasteiger partial charge is 0.257 e. The highest BCUT2D eigenvalue weighted by Gasteiger charge is 2.14. The van der Waals surface area contributed by atoms with Crippen LogP contribution in [0.2, 0.25) is 0 Å². The molecule has 0 bridgehead atoms. The number of ether oxygens (including phenoxy) is 2. The summed E-state index contributed by atoms with van der Waals surface area (Å²) in [5, 5.41) is 2.91. The summed E-state index contributed by atoms with van der Waals surface area (Å²) in [6, 6.07) is 18.8. The molecule has 1 aromatic heterocycles. The topological polar surface area (TPSA) is 60.5 Å². The van der Waals surface area contributed by atoms with Crippen molar-refractivity contribution in [3.8, 4) is 11.5 Å². The van der Waals surface area contributed by atoms with Crippen LogP contribution in [0.25, 0.3) is 0 Å². The number of rotatable bonds is 7. The molecule has 5 nitrogen and oxygen atoms in total. The molecule has 1 heterocycles. The first kappa shape index (κ1) is 20.6. The molecule has 3 rings (SSSR count). The molecule has 1 amide bonds. The van der Waals surface area contributed by atoms with Crippen molar-refractivity contribution >= 4 is 11.6 Å². The molecule has 0 radical (unpaired) electrons. The zero-order valence-electron chi connectivity index (χ0n) is 17.2. The van der Waals surface area contributed by atoms with Gasteiger partial charge < -0.3 is 14.8 Å². The van der Waals surface area contributed by atoms with Gasteiger partial charge in [-0.1, -0.05) is 12.1 Å².